The number of nitrogens with zero attached hydrogens (tertiary/aromatic N) is 2. The zero-order valence-electron chi connectivity index (χ0n) is 9.23. The minimum Gasteiger partial charge on any atom is -0.369 e. The number of alkyl halides is 3. The summed E-state index contributed by atoms with van der Waals surface area (Å²) in [5, 5.41) is 20.8. The summed E-state index contributed by atoms with van der Waals surface area (Å²) < 4.78 is 37.5. The van der Waals surface area contributed by atoms with E-state index in [1.54, 1.807) is 0 Å². The van der Waals surface area contributed by atoms with Crippen molar-refractivity contribution in [3.63, 3.8) is 0 Å². The van der Waals surface area contributed by atoms with Crippen molar-refractivity contribution in [2.45, 2.75) is 6.18 Å². The number of nitro groups is 1. The molecule has 1 aromatic rings. The second-order valence-electron chi connectivity index (χ2n) is 3.32. The summed E-state index contributed by atoms with van der Waals surface area (Å²) in [4.78, 5) is 9.47. The number of rotatable bonds is 3. The summed E-state index contributed by atoms with van der Waals surface area (Å²) in [6.07, 6.45) is -3.80. The molecular formula is C9H8F3N5O2. The summed E-state index contributed by atoms with van der Waals surface area (Å²) in [7, 11) is 0. The van der Waals surface area contributed by atoms with Gasteiger partial charge < -0.3 is 5.73 Å². The Morgan fingerprint density at radius 1 is 1.53 bits per heavy atom. The number of nitro benzene ring substituents is 1. The second kappa shape index (κ2) is 5.33. The van der Waals surface area contributed by atoms with Crippen LogP contribution < -0.4 is 11.2 Å². The van der Waals surface area contributed by atoms with Crippen LogP contribution in [-0.2, 0) is 6.18 Å². The van der Waals surface area contributed by atoms with Crippen LogP contribution in [-0.4, -0.2) is 17.1 Å². The highest BCUT2D eigenvalue weighted by molar-refractivity contribution is 5.83. The van der Waals surface area contributed by atoms with Gasteiger partial charge in [0.25, 0.3) is 5.69 Å². The zero-order valence-corrected chi connectivity index (χ0v) is 9.23. The van der Waals surface area contributed by atoms with Gasteiger partial charge in [0.05, 0.1) is 11.1 Å². The summed E-state index contributed by atoms with van der Waals surface area (Å²) >= 11 is 0. The van der Waals surface area contributed by atoms with Crippen molar-refractivity contribution in [1.82, 2.24) is 5.43 Å². The van der Waals surface area contributed by atoms with Crippen LogP contribution in [0.25, 0.3) is 0 Å². The average Bonchev–Trinajstić information content (AvgIpc) is 2.26. The first-order valence-electron chi connectivity index (χ1n) is 4.70. The van der Waals surface area contributed by atoms with E-state index >= 15 is 0 Å². The molecule has 102 valence electrons. The van der Waals surface area contributed by atoms with Crippen LogP contribution in [0.4, 0.5) is 18.9 Å². The van der Waals surface area contributed by atoms with E-state index < -0.39 is 28.3 Å². The zero-order chi connectivity index (χ0) is 14.6. The molecule has 19 heavy (non-hydrogen) atoms. The summed E-state index contributed by atoms with van der Waals surface area (Å²) in [5.74, 6) is -0.474. The smallest absolute Gasteiger partial charge is 0.369 e. The van der Waals surface area contributed by atoms with Crippen LogP contribution >= 0.6 is 0 Å². The van der Waals surface area contributed by atoms with Gasteiger partial charge in [0, 0.05) is 11.6 Å². The normalized spacial score (nSPS) is 11.5. The van der Waals surface area contributed by atoms with E-state index in [1.165, 1.54) is 0 Å². The van der Waals surface area contributed by atoms with Gasteiger partial charge in [-0.2, -0.15) is 18.3 Å². The lowest BCUT2D eigenvalue weighted by Gasteiger charge is -2.07. The van der Waals surface area contributed by atoms with E-state index in [0.717, 1.165) is 18.3 Å². The fourth-order valence-electron chi connectivity index (χ4n) is 1.20. The van der Waals surface area contributed by atoms with Gasteiger partial charge in [0.1, 0.15) is 5.56 Å². The maximum atomic E-state index is 12.5. The number of hydrazone groups is 1. The number of nitrogens with one attached hydrogen (secondary N) is 2. The number of hydrogen-bond donors (Lipinski definition) is 3. The molecule has 1 aromatic carbocycles. The van der Waals surface area contributed by atoms with Crippen LogP contribution in [0.15, 0.2) is 23.3 Å². The fraction of sp³-hybridized carbons (Fsp3) is 0.111. The Balaban J connectivity index is 3.14. The fourth-order valence-corrected chi connectivity index (χ4v) is 1.20. The van der Waals surface area contributed by atoms with E-state index in [2.05, 4.69) is 5.10 Å². The molecular weight excluding hydrogens is 267 g/mol. The molecule has 7 nitrogen and oxygen atoms in total. The van der Waals surface area contributed by atoms with E-state index in [-0.39, 0.29) is 5.56 Å². The van der Waals surface area contributed by atoms with Gasteiger partial charge in [-0.3, -0.25) is 15.5 Å². The molecule has 0 saturated carbocycles. The highest BCUT2D eigenvalue weighted by Gasteiger charge is 2.38. The third kappa shape index (κ3) is 3.94. The predicted octanol–water partition coefficient (Wildman–Crippen LogP) is 1.43. The van der Waals surface area contributed by atoms with Crippen LogP contribution in [0, 0.1) is 15.5 Å². The molecule has 0 fully saturated rings. The molecule has 0 aromatic heterocycles. The third-order valence-corrected chi connectivity index (χ3v) is 1.92. The van der Waals surface area contributed by atoms with Crippen molar-refractivity contribution in [1.29, 1.82) is 5.41 Å². The lowest BCUT2D eigenvalue weighted by atomic mass is 10.1. The van der Waals surface area contributed by atoms with E-state index in [0.29, 0.717) is 6.07 Å². The average molecular weight is 275 g/mol. The van der Waals surface area contributed by atoms with Gasteiger partial charge in [-0.05, 0) is 6.07 Å². The first-order chi connectivity index (χ1) is 8.71. The highest BCUT2D eigenvalue weighted by Crippen LogP contribution is 2.36. The quantitative estimate of drug-likeness (QED) is 0.334. The SMILES string of the molecule is N=C(N)NN=Cc1ccc(C(F)(F)F)c([N+](=O)[O-])c1. The van der Waals surface area contributed by atoms with Crippen molar-refractivity contribution in [2.24, 2.45) is 10.8 Å². The van der Waals surface area contributed by atoms with Gasteiger partial charge in [0.15, 0.2) is 0 Å². The topological polar surface area (TPSA) is 117 Å². The molecule has 0 amide bonds. The minimum atomic E-state index is -4.81. The Morgan fingerprint density at radius 3 is 2.63 bits per heavy atom. The maximum absolute atomic E-state index is 12.5. The maximum Gasteiger partial charge on any atom is 0.422 e. The monoisotopic (exact) mass is 275 g/mol. The molecule has 0 atom stereocenters. The van der Waals surface area contributed by atoms with Crippen LogP contribution in [0.2, 0.25) is 0 Å². The predicted molar refractivity (Wildman–Crippen MR) is 60.7 cm³/mol. The third-order valence-electron chi connectivity index (χ3n) is 1.92. The summed E-state index contributed by atoms with van der Waals surface area (Å²) in [6, 6.07) is 2.34. The second-order valence-corrected chi connectivity index (χ2v) is 3.32. The van der Waals surface area contributed by atoms with Crippen molar-refractivity contribution < 1.29 is 18.1 Å². The number of halogens is 3. The van der Waals surface area contributed by atoms with Crippen LogP contribution in [0.1, 0.15) is 11.1 Å². The van der Waals surface area contributed by atoms with Crippen molar-refractivity contribution in [2.75, 3.05) is 0 Å². The van der Waals surface area contributed by atoms with E-state index in [1.807, 2.05) is 5.43 Å². The Hall–Kier alpha value is -2.65. The first-order valence-corrected chi connectivity index (χ1v) is 4.70. The lowest BCUT2D eigenvalue weighted by Crippen LogP contribution is -2.25. The Labute approximate surface area is 104 Å². The Kier molecular flexibility index (Phi) is 4.04. The molecule has 0 spiro atoms. The van der Waals surface area contributed by atoms with Gasteiger partial charge in [-0.1, -0.05) is 6.07 Å². The summed E-state index contributed by atoms with van der Waals surface area (Å²) in [5.41, 5.74) is 4.60. The van der Waals surface area contributed by atoms with Gasteiger partial charge in [0.2, 0.25) is 5.96 Å². The van der Waals surface area contributed by atoms with E-state index in [4.69, 9.17) is 11.1 Å². The molecule has 0 bridgehead atoms. The van der Waals surface area contributed by atoms with Crippen LogP contribution in [0.3, 0.4) is 0 Å². The van der Waals surface area contributed by atoms with Gasteiger partial charge >= 0.3 is 6.18 Å². The van der Waals surface area contributed by atoms with Gasteiger partial charge in [-0.15, -0.1) is 0 Å². The number of benzene rings is 1. The molecule has 0 unspecified atom stereocenters. The molecule has 0 saturated heterocycles. The largest absolute Gasteiger partial charge is 0.422 e. The number of guanidine groups is 1. The van der Waals surface area contributed by atoms with E-state index in [9.17, 15) is 23.3 Å². The molecule has 0 heterocycles. The Bertz CT molecular complexity index is 541. The van der Waals surface area contributed by atoms with Crippen molar-refractivity contribution >= 4 is 17.9 Å². The molecule has 1 rings (SSSR count). The Morgan fingerprint density at radius 2 is 2.16 bits per heavy atom. The molecule has 0 aliphatic rings. The number of hydrogen-bond acceptors (Lipinski definition) is 4. The molecule has 0 aliphatic heterocycles. The highest BCUT2D eigenvalue weighted by atomic mass is 19.4. The summed E-state index contributed by atoms with van der Waals surface area (Å²) in [6.45, 7) is 0. The molecule has 0 radical (unpaired) electrons. The number of nitrogens with two attached hydrogens (primary N) is 1. The first kappa shape index (κ1) is 14.4. The standard InChI is InChI=1S/C9H8F3N5O2/c10-9(11,12)6-2-1-5(3-7(6)17(18)19)4-15-16-8(13)14/h1-4H,(H4,13,14,16). The lowest BCUT2D eigenvalue weighted by molar-refractivity contribution is -0.388. The molecule has 4 N–H and O–H groups in total. The minimum absolute atomic E-state index is 0.0634. The van der Waals surface area contributed by atoms with Crippen molar-refractivity contribution in [3.05, 3.63) is 39.4 Å². The van der Waals surface area contributed by atoms with Gasteiger partial charge in [-0.25, -0.2) is 5.43 Å². The van der Waals surface area contributed by atoms with Crippen molar-refractivity contribution in [3.8, 4) is 0 Å². The van der Waals surface area contributed by atoms with Crippen LogP contribution in [0.5, 0.6) is 0 Å². The molecule has 0 aliphatic carbocycles. The molecule has 10 heteroatoms.